The van der Waals surface area contributed by atoms with Crippen molar-refractivity contribution in [1.29, 1.82) is 0 Å². The Bertz CT molecular complexity index is 71.3. The molecular formula is C10H20F. The minimum atomic E-state index is -0.554. The molecule has 0 spiro atoms. The molecule has 0 rings (SSSR count). The summed E-state index contributed by atoms with van der Waals surface area (Å²) >= 11 is 0. The van der Waals surface area contributed by atoms with Crippen molar-refractivity contribution in [2.75, 3.05) is 0 Å². The molecule has 1 heteroatoms. The van der Waals surface area contributed by atoms with Crippen LogP contribution in [0.5, 0.6) is 0 Å². The van der Waals surface area contributed by atoms with Gasteiger partial charge in [-0.25, -0.2) is 4.39 Å². The topological polar surface area (TPSA) is 0 Å². The van der Waals surface area contributed by atoms with Gasteiger partial charge in [-0.05, 0) is 12.8 Å². The Morgan fingerprint density at radius 1 is 1.18 bits per heavy atom. The Labute approximate surface area is 70.2 Å². The minimum absolute atomic E-state index is 0.554. The summed E-state index contributed by atoms with van der Waals surface area (Å²) in [7, 11) is 0. The van der Waals surface area contributed by atoms with Gasteiger partial charge in [-0.3, -0.25) is 0 Å². The molecule has 0 aliphatic heterocycles. The van der Waals surface area contributed by atoms with Crippen molar-refractivity contribution in [3.63, 3.8) is 0 Å². The van der Waals surface area contributed by atoms with Gasteiger partial charge >= 0.3 is 0 Å². The zero-order chi connectivity index (χ0) is 8.53. The van der Waals surface area contributed by atoms with E-state index in [2.05, 4.69) is 13.8 Å². The second-order valence-corrected chi connectivity index (χ2v) is 3.09. The van der Waals surface area contributed by atoms with Crippen LogP contribution in [0.2, 0.25) is 0 Å². The number of halogens is 1. The molecule has 0 N–H and O–H groups in total. The van der Waals surface area contributed by atoms with E-state index in [0.717, 1.165) is 44.9 Å². The molecule has 1 radical (unpaired) electrons. The molecule has 0 saturated carbocycles. The second kappa shape index (κ2) is 8.03. The maximum Gasteiger partial charge on any atom is 0.100 e. The molecule has 1 unspecified atom stereocenters. The molecule has 0 aromatic heterocycles. The Morgan fingerprint density at radius 2 is 1.82 bits per heavy atom. The maximum atomic E-state index is 12.9. The zero-order valence-corrected chi connectivity index (χ0v) is 7.61. The highest BCUT2D eigenvalue weighted by molar-refractivity contribution is 4.56. The lowest BCUT2D eigenvalue weighted by molar-refractivity contribution is 0.282. The van der Waals surface area contributed by atoms with Crippen molar-refractivity contribution < 1.29 is 4.39 Å². The minimum Gasteiger partial charge on any atom is -0.247 e. The quantitative estimate of drug-likeness (QED) is 0.494. The third-order valence-corrected chi connectivity index (χ3v) is 1.89. The number of alkyl halides is 1. The first-order valence-corrected chi connectivity index (χ1v) is 4.74. The number of hydrogen-bond donors (Lipinski definition) is 0. The fourth-order valence-corrected chi connectivity index (χ4v) is 1.11. The third-order valence-electron chi connectivity index (χ3n) is 1.89. The van der Waals surface area contributed by atoms with E-state index in [1.54, 1.807) is 0 Å². The Hall–Kier alpha value is -0.0700. The van der Waals surface area contributed by atoms with Crippen LogP contribution in [0.4, 0.5) is 4.39 Å². The van der Waals surface area contributed by atoms with Crippen LogP contribution < -0.4 is 0 Å². The van der Waals surface area contributed by atoms with Gasteiger partial charge in [0.1, 0.15) is 6.17 Å². The molecule has 0 heterocycles. The molecule has 1 atom stereocenters. The first-order valence-electron chi connectivity index (χ1n) is 4.74. The number of hydrogen-bond acceptors (Lipinski definition) is 0. The highest BCUT2D eigenvalue weighted by Crippen LogP contribution is 2.12. The number of unbranched alkanes of at least 4 members (excludes halogenated alkanes) is 3. The van der Waals surface area contributed by atoms with Crippen molar-refractivity contribution in [3.8, 4) is 0 Å². The normalized spacial score (nSPS) is 13.4. The summed E-state index contributed by atoms with van der Waals surface area (Å²) in [5.41, 5.74) is 0. The van der Waals surface area contributed by atoms with Gasteiger partial charge < -0.3 is 0 Å². The van der Waals surface area contributed by atoms with Crippen LogP contribution >= 0.6 is 0 Å². The molecule has 0 amide bonds. The van der Waals surface area contributed by atoms with Crippen molar-refractivity contribution in [3.05, 3.63) is 6.92 Å². The predicted octanol–water partition coefficient (Wildman–Crippen LogP) is 3.91. The monoisotopic (exact) mass is 159 g/mol. The first-order chi connectivity index (χ1) is 5.31. The average Bonchev–Trinajstić information content (AvgIpc) is 2.01. The van der Waals surface area contributed by atoms with Crippen LogP contribution in [0.15, 0.2) is 0 Å². The van der Waals surface area contributed by atoms with Gasteiger partial charge in [-0.1, -0.05) is 46.0 Å². The Kier molecular flexibility index (Phi) is 7.98. The van der Waals surface area contributed by atoms with Crippen molar-refractivity contribution >= 4 is 0 Å². The summed E-state index contributed by atoms with van der Waals surface area (Å²) in [4.78, 5) is 0. The first kappa shape index (κ1) is 10.9. The van der Waals surface area contributed by atoms with Crippen molar-refractivity contribution in [1.82, 2.24) is 0 Å². The lowest BCUT2D eigenvalue weighted by Gasteiger charge is -2.05. The van der Waals surface area contributed by atoms with E-state index in [-0.39, 0.29) is 0 Å². The van der Waals surface area contributed by atoms with E-state index in [1.807, 2.05) is 0 Å². The predicted molar refractivity (Wildman–Crippen MR) is 48.2 cm³/mol. The smallest absolute Gasteiger partial charge is 0.100 e. The molecule has 0 aliphatic rings. The van der Waals surface area contributed by atoms with Crippen LogP contribution in [0.3, 0.4) is 0 Å². The molecule has 0 bridgehead atoms. The van der Waals surface area contributed by atoms with E-state index >= 15 is 0 Å². The Balaban J connectivity index is 3.02. The second-order valence-electron chi connectivity index (χ2n) is 3.09. The van der Waals surface area contributed by atoms with Gasteiger partial charge in [0.05, 0.1) is 0 Å². The SMILES string of the molecule is [CH2]CCCCC(F)CCCC. The Morgan fingerprint density at radius 3 is 2.36 bits per heavy atom. The van der Waals surface area contributed by atoms with E-state index in [1.165, 1.54) is 0 Å². The van der Waals surface area contributed by atoms with E-state index in [0.29, 0.717) is 0 Å². The van der Waals surface area contributed by atoms with Crippen LogP contribution in [0, 0.1) is 6.92 Å². The van der Waals surface area contributed by atoms with Crippen molar-refractivity contribution in [2.45, 2.75) is 58.0 Å². The van der Waals surface area contributed by atoms with E-state index in [9.17, 15) is 4.39 Å². The van der Waals surface area contributed by atoms with Crippen LogP contribution in [0.25, 0.3) is 0 Å². The highest BCUT2D eigenvalue weighted by atomic mass is 19.1. The standard InChI is InChI=1S/C10H20F/c1-3-5-7-9-10(11)8-6-4-2/h10H,1,3-9H2,2H3. The van der Waals surface area contributed by atoms with Crippen LogP contribution in [-0.2, 0) is 0 Å². The van der Waals surface area contributed by atoms with E-state index < -0.39 is 6.17 Å². The molecule has 11 heavy (non-hydrogen) atoms. The summed E-state index contributed by atoms with van der Waals surface area (Å²) in [5.74, 6) is 0. The van der Waals surface area contributed by atoms with Gasteiger partial charge in [-0.15, -0.1) is 0 Å². The van der Waals surface area contributed by atoms with Gasteiger partial charge in [-0.2, -0.15) is 0 Å². The fraction of sp³-hybridized carbons (Fsp3) is 0.900. The van der Waals surface area contributed by atoms with Gasteiger partial charge in [0, 0.05) is 0 Å². The van der Waals surface area contributed by atoms with Crippen LogP contribution in [0.1, 0.15) is 51.9 Å². The summed E-state index contributed by atoms with van der Waals surface area (Å²) in [6, 6.07) is 0. The largest absolute Gasteiger partial charge is 0.247 e. The van der Waals surface area contributed by atoms with Crippen LogP contribution in [-0.4, -0.2) is 6.17 Å². The third kappa shape index (κ3) is 7.83. The lowest BCUT2D eigenvalue weighted by atomic mass is 10.1. The van der Waals surface area contributed by atoms with Gasteiger partial charge in [0.25, 0.3) is 0 Å². The van der Waals surface area contributed by atoms with Gasteiger partial charge in [0.2, 0.25) is 0 Å². The van der Waals surface area contributed by atoms with E-state index in [4.69, 9.17) is 0 Å². The van der Waals surface area contributed by atoms with Gasteiger partial charge in [0.15, 0.2) is 0 Å². The molecule has 0 aliphatic carbocycles. The molecule has 0 aromatic carbocycles. The molecular weight excluding hydrogens is 139 g/mol. The zero-order valence-electron chi connectivity index (χ0n) is 7.61. The summed E-state index contributed by atoms with van der Waals surface area (Å²) in [6.45, 7) is 5.82. The molecule has 67 valence electrons. The lowest BCUT2D eigenvalue weighted by Crippen LogP contribution is -1.99. The van der Waals surface area contributed by atoms with Crippen molar-refractivity contribution in [2.24, 2.45) is 0 Å². The average molecular weight is 159 g/mol. The summed E-state index contributed by atoms with van der Waals surface area (Å²) < 4.78 is 12.9. The molecule has 0 nitrogen and oxygen atoms in total. The highest BCUT2D eigenvalue weighted by Gasteiger charge is 2.03. The molecule has 0 fully saturated rings. The molecule has 0 aromatic rings. The number of rotatable bonds is 7. The fourth-order valence-electron chi connectivity index (χ4n) is 1.11. The maximum absolute atomic E-state index is 12.9. The summed E-state index contributed by atoms with van der Waals surface area (Å²) in [6.07, 6.45) is 6.12. The molecule has 0 saturated heterocycles. The summed E-state index contributed by atoms with van der Waals surface area (Å²) in [5, 5.41) is 0.